The second-order valence-corrected chi connectivity index (χ2v) is 8.26. The first-order valence-electron chi connectivity index (χ1n) is 8.15. The number of amides is 2. The van der Waals surface area contributed by atoms with Crippen LogP contribution in [-0.4, -0.2) is 40.2 Å². The van der Waals surface area contributed by atoms with Crippen LogP contribution in [0.15, 0.2) is 36.4 Å². The van der Waals surface area contributed by atoms with Gasteiger partial charge in [-0.25, -0.2) is 12.7 Å². The molecule has 2 amide bonds. The van der Waals surface area contributed by atoms with E-state index in [1.807, 2.05) is 0 Å². The first-order valence-corrected chi connectivity index (χ1v) is 10.1. The van der Waals surface area contributed by atoms with Gasteiger partial charge in [0.2, 0.25) is 15.9 Å². The molecular weight excluding hydrogens is 408 g/mol. The van der Waals surface area contributed by atoms with Gasteiger partial charge in [-0.05, 0) is 24.3 Å². The van der Waals surface area contributed by atoms with Crippen LogP contribution < -0.4 is 19.1 Å². The third kappa shape index (κ3) is 3.76. The number of benzene rings is 2. The van der Waals surface area contributed by atoms with Crippen molar-refractivity contribution in [2.45, 2.75) is 6.42 Å². The Bertz CT molecular complexity index is 1040. The Labute approximate surface area is 167 Å². The lowest BCUT2D eigenvalue weighted by atomic mass is 10.1. The van der Waals surface area contributed by atoms with Gasteiger partial charge in [0.15, 0.2) is 0 Å². The average molecular weight is 425 g/mol. The number of methoxy groups -OCH3 is 2. The summed E-state index contributed by atoms with van der Waals surface area (Å²) in [6.07, 6.45) is -0.0528. The second kappa shape index (κ2) is 7.69. The fraction of sp³-hybridized carbons (Fsp3) is 0.222. The topological polar surface area (TPSA) is 102 Å². The third-order valence-corrected chi connectivity index (χ3v) is 6.15. The normalized spacial score (nSPS) is 15.4. The Morgan fingerprint density at radius 1 is 1.11 bits per heavy atom. The van der Waals surface area contributed by atoms with Gasteiger partial charge in [0.1, 0.15) is 11.5 Å². The number of ether oxygens (including phenoxy) is 2. The number of nitrogens with one attached hydrogen (secondary N) is 1. The lowest BCUT2D eigenvalue weighted by Crippen LogP contribution is -2.29. The molecule has 0 unspecified atom stereocenters. The van der Waals surface area contributed by atoms with Gasteiger partial charge in [-0.2, -0.15) is 0 Å². The van der Waals surface area contributed by atoms with Crippen molar-refractivity contribution in [3.05, 3.63) is 47.0 Å². The molecule has 0 atom stereocenters. The molecule has 0 radical (unpaired) electrons. The quantitative estimate of drug-likeness (QED) is 0.791. The van der Waals surface area contributed by atoms with Crippen molar-refractivity contribution in [2.75, 3.05) is 29.6 Å². The highest BCUT2D eigenvalue weighted by Crippen LogP contribution is 2.36. The van der Waals surface area contributed by atoms with Crippen molar-refractivity contribution in [3.63, 3.8) is 0 Å². The summed E-state index contributed by atoms with van der Waals surface area (Å²) in [5.74, 6) is -0.442. The number of halogens is 1. The van der Waals surface area contributed by atoms with E-state index in [2.05, 4.69) is 5.32 Å². The zero-order valence-electron chi connectivity index (χ0n) is 15.1. The standard InChI is InChI=1S/C18H17ClN2O6S/c1-26-15-10-14(16(27-2)9-13(15)19)20-18(23)11-3-5-12(6-4-11)21-17(22)7-8-28(21,24)25/h3-6,9-10H,7-8H2,1-2H3,(H,20,23). The molecule has 1 fully saturated rings. The first-order chi connectivity index (χ1) is 13.3. The molecule has 2 aromatic rings. The molecule has 2 aromatic carbocycles. The van der Waals surface area contributed by atoms with Gasteiger partial charge >= 0.3 is 0 Å². The van der Waals surface area contributed by atoms with Crippen LogP contribution in [0.5, 0.6) is 11.5 Å². The summed E-state index contributed by atoms with van der Waals surface area (Å²) < 4.78 is 35.1. The molecule has 1 saturated heterocycles. The highest BCUT2D eigenvalue weighted by atomic mass is 35.5. The fourth-order valence-corrected chi connectivity index (χ4v) is 4.46. The maximum Gasteiger partial charge on any atom is 0.255 e. The van der Waals surface area contributed by atoms with Crippen LogP contribution in [0.4, 0.5) is 11.4 Å². The summed E-state index contributed by atoms with van der Waals surface area (Å²) in [7, 11) is -0.761. The van der Waals surface area contributed by atoms with Crippen LogP contribution in [-0.2, 0) is 14.8 Å². The molecule has 0 saturated carbocycles. The molecule has 0 aliphatic carbocycles. The van der Waals surface area contributed by atoms with Crippen molar-refractivity contribution in [1.82, 2.24) is 0 Å². The van der Waals surface area contributed by atoms with Crippen molar-refractivity contribution in [1.29, 1.82) is 0 Å². The van der Waals surface area contributed by atoms with Gasteiger partial charge in [0.25, 0.3) is 5.91 Å². The van der Waals surface area contributed by atoms with Crippen molar-refractivity contribution >= 4 is 44.8 Å². The minimum absolute atomic E-state index is 0.0528. The van der Waals surface area contributed by atoms with E-state index in [0.29, 0.717) is 22.2 Å². The summed E-state index contributed by atoms with van der Waals surface area (Å²) in [5.41, 5.74) is 0.823. The SMILES string of the molecule is COc1cc(NC(=O)c2ccc(N3C(=O)CCS3(=O)=O)cc2)c(OC)cc1Cl. The first kappa shape index (κ1) is 20.0. The van der Waals surface area contributed by atoms with E-state index in [1.165, 1.54) is 50.6 Å². The van der Waals surface area contributed by atoms with Crippen molar-refractivity contribution < 1.29 is 27.5 Å². The molecule has 0 bridgehead atoms. The number of anilines is 2. The maximum atomic E-state index is 12.6. The maximum absolute atomic E-state index is 12.6. The Hall–Kier alpha value is -2.78. The van der Waals surface area contributed by atoms with Gasteiger partial charge in [0, 0.05) is 24.1 Å². The number of sulfonamides is 1. The monoisotopic (exact) mass is 424 g/mol. The zero-order valence-corrected chi connectivity index (χ0v) is 16.6. The average Bonchev–Trinajstić information content (AvgIpc) is 2.95. The molecule has 3 rings (SSSR count). The molecule has 10 heteroatoms. The molecule has 1 aliphatic rings. The largest absolute Gasteiger partial charge is 0.495 e. The Balaban J connectivity index is 1.84. The Morgan fingerprint density at radius 2 is 1.75 bits per heavy atom. The molecule has 1 heterocycles. The second-order valence-electron chi connectivity index (χ2n) is 5.91. The Morgan fingerprint density at radius 3 is 2.29 bits per heavy atom. The van der Waals surface area contributed by atoms with Crippen LogP contribution in [0.2, 0.25) is 5.02 Å². The highest BCUT2D eigenvalue weighted by Gasteiger charge is 2.36. The predicted octanol–water partition coefficient (Wildman–Crippen LogP) is 2.68. The number of nitrogens with zero attached hydrogens (tertiary/aromatic N) is 1. The van der Waals surface area contributed by atoms with E-state index < -0.39 is 21.8 Å². The minimum atomic E-state index is -3.65. The molecule has 1 aliphatic heterocycles. The smallest absolute Gasteiger partial charge is 0.255 e. The van der Waals surface area contributed by atoms with E-state index >= 15 is 0 Å². The summed E-state index contributed by atoms with van der Waals surface area (Å²) in [6.45, 7) is 0. The third-order valence-electron chi connectivity index (χ3n) is 4.16. The zero-order chi connectivity index (χ0) is 20.5. The molecule has 148 valence electrons. The minimum Gasteiger partial charge on any atom is -0.495 e. The predicted molar refractivity (Wildman–Crippen MR) is 105 cm³/mol. The molecule has 0 spiro atoms. The molecule has 0 aromatic heterocycles. The lowest BCUT2D eigenvalue weighted by molar-refractivity contribution is -0.116. The lowest BCUT2D eigenvalue weighted by Gasteiger charge is -2.16. The summed E-state index contributed by atoms with van der Waals surface area (Å²) in [6, 6.07) is 8.74. The van der Waals surface area contributed by atoms with Gasteiger partial charge in [-0.15, -0.1) is 0 Å². The van der Waals surface area contributed by atoms with Gasteiger partial charge < -0.3 is 14.8 Å². The number of hydrogen-bond acceptors (Lipinski definition) is 6. The summed E-state index contributed by atoms with van der Waals surface area (Å²) >= 11 is 6.05. The van der Waals surface area contributed by atoms with Crippen molar-refractivity contribution in [2.24, 2.45) is 0 Å². The Kier molecular flexibility index (Phi) is 5.48. The van der Waals surface area contributed by atoms with E-state index in [1.54, 1.807) is 0 Å². The van der Waals surface area contributed by atoms with Crippen LogP contribution in [0.25, 0.3) is 0 Å². The molecule has 8 nitrogen and oxygen atoms in total. The summed E-state index contributed by atoms with van der Waals surface area (Å²) in [5, 5.41) is 3.02. The van der Waals surface area contributed by atoms with Gasteiger partial charge in [-0.1, -0.05) is 11.6 Å². The number of rotatable bonds is 5. The van der Waals surface area contributed by atoms with Gasteiger partial charge in [-0.3, -0.25) is 9.59 Å². The van der Waals surface area contributed by atoms with Crippen LogP contribution in [0.3, 0.4) is 0 Å². The highest BCUT2D eigenvalue weighted by molar-refractivity contribution is 7.94. The van der Waals surface area contributed by atoms with Crippen LogP contribution in [0, 0.1) is 0 Å². The fourth-order valence-electron chi connectivity index (χ4n) is 2.77. The van der Waals surface area contributed by atoms with Crippen LogP contribution >= 0.6 is 11.6 Å². The van der Waals surface area contributed by atoms with E-state index in [4.69, 9.17) is 21.1 Å². The van der Waals surface area contributed by atoms with Crippen molar-refractivity contribution in [3.8, 4) is 11.5 Å². The molecular formula is C18H17ClN2O6S. The van der Waals surface area contributed by atoms with E-state index in [0.717, 1.165) is 4.31 Å². The summed E-state index contributed by atoms with van der Waals surface area (Å²) in [4.78, 5) is 24.4. The number of carbonyl (C=O) groups excluding carboxylic acids is 2. The van der Waals surface area contributed by atoms with Gasteiger partial charge in [0.05, 0.1) is 36.4 Å². The van der Waals surface area contributed by atoms with E-state index in [-0.39, 0.29) is 23.4 Å². The molecule has 28 heavy (non-hydrogen) atoms. The van der Waals surface area contributed by atoms with E-state index in [9.17, 15) is 18.0 Å². The number of carbonyl (C=O) groups is 2. The molecule has 1 N–H and O–H groups in total. The van der Waals surface area contributed by atoms with Crippen LogP contribution in [0.1, 0.15) is 16.8 Å². The number of hydrogen-bond donors (Lipinski definition) is 1.